The van der Waals surface area contributed by atoms with Gasteiger partial charge in [0.15, 0.2) is 0 Å². The second kappa shape index (κ2) is 7.43. The van der Waals surface area contributed by atoms with Gasteiger partial charge in [-0.05, 0) is 37.6 Å². The number of unbranched alkanes of at least 4 members (excludes halogenated alkanes) is 1. The largest absolute Gasteiger partial charge is 0.352 e. The minimum atomic E-state index is -0.0885. The van der Waals surface area contributed by atoms with Crippen LogP contribution in [0.5, 0.6) is 0 Å². The highest BCUT2D eigenvalue weighted by Gasteiger charge is 2.12. The average molecular weight is 283 g/mol. The average Bonchev–Trinajstić information content (AvgIpc) is 2.48. The molecule has 0 aliphatic carbocycles. The first-order chi connectivity index (χ1) is 10.2. The van der Waals surface area contributed by atoms with E-state index in [-0.39, 0.29) is 5.91 Å². The topological polar surface area (TPSA) is 54.0 Å². The molecule has 0 unspecified atom stereocenters. The summed E-state index contributed by atoms with van der Waals surface area (Å²) in [4.78, 5) is 16.7. The number of aromatic nitrogens is 1. The zero-order valence-electron chi connectivity index (χ0n) is 12.5. The fourth-order valence-electron chi connectivity index (χ4n) is 1.97. The zero-order chi connectivity index (χ0) is 15.1. The number of rotatable bonds is 6. The van der Waals surface area contributed by atoms with Gasteiger partial charge < -0.3 is 10.6 Å². The van der Waals surface area contributed by atoms with Crippen molar-refractivity contribution in [3.8, 4) is 0 Å². The Morgan fingerprint density at radius 2 is 1.90 bits per heavy atom. The van der Waals surface area contributed by atoms with Crippen LogP contribution in [0.15, 0.2) is 42.5 Å². The molecule has 0 bridgehead atoms. The van der Waals surface area contributed by atoms with E-state index in [2.05, 4.69) is 22.5 Å². The molecule has 2 aromatic rings. The van der Waals surface area contributed by atoms with Gasteiger partial charge in [-0.2, -0.15) is 0 Å². The summed E-state index contributed by atoms with van der Waals surface area (Å²) in [6.45, 7) is 4.70. The highest BCUT2D eigenvalue weighted by Crippen LogP contribution is 2.19. The SMILES string of the molecule is CCCCNC(=O)c1ccc(C)nc1Nc1ccccc1. The fourth-order valence-corrected chi connectivity index (χ4v) is 1.97. The number of hydrogen-bond donors (Lipinski definition) is 2. The van der Waals surface area contributed by atoms with Crippen LogP contribution in [0.3, 0.4) is 0 Å². The number of para-hydroxylation sites is 1. The maximum absolute atomic E-state index is 12.3. The number of carbonyl (C=O) groups is 1. The Labute approximate surface area is 125 Å². The second-order valence-electron chi connectivity index (χ2n) is 4.95. The summed E-state index contributed by atoms with van der Waals surface area (Å²) in [5.74, 6) is 0.504. The highest BCUT2D eigenvalue weighted by molar-refractivity contribution is 5.99. The first-order valence-corrected chi connectivity index (χ1v) is 7.28. The first-order valence-electron chi connectivity index (χ1n) is 7.28. The molecule has 0 aliphatic heterocycles. The summed E-state index contributed by atoms with van der Waals surface area (Å²) in [6, 6.07) is 13.4. The van der Waals surface area contributed by atoms with Crippen molar-refractivity contribution in [2.24, 2.45) is 0 Å². The molecule has 110 valence electrons. The summed E-state index contributed by atoms with van der Waals surface area (Å²) < 4.78 is 0. The molecule has 2 N–H and O–H groups in total. The van der Waals surface area contributed by atoms with Crippen molar-refractivity contribution in [3.05, 3.63) is 53.7 Å². The van der Waals surface area contributed by atoms with Gasteiger partial charge in [0.2, 0.25) is 0 Å². The lowest BCUT2D eigenvalue weighted by Gasteiger charge is -2.12. The Morgan fingerprint density at radius 1 is 1.14 bits per heavy atom. The molecule has 2 rings (SSSR count). The maximum atomic E-state index is 12.3. The Kier molecular flexibility index (Phi) is 5.32. The normalized spacial score (nSPS) is 10.2. The van der Waals surface area contributed by atoms with Gasteiger partial charge in [-0.25, -0.2) is 4.98 Å². The first kappa shape index (κ1) is 15.0. The maximum Gasteiger partial charge on any atom is 0.255 e. The zero-order valence-corrected chi connectivity index (χ0v) is 12.5. The molecule has 0 radical (unpaired) electrons. The molecule has 0 atom stereocenters. The minimum absolute atomic E-state index is 0.0885. The monoisotopic (exact) mass is 283 g/mol. The Balaban J connectivity index is 2.19. The van der Waals surface area contributed by atoms with E-state index in [1.807, 2.05) is 49.4 Å². The van der Waals surface area contributed by atoms with Crippen LogP contribution in [0.25, 0.3) is 0 Å². The molecule has 4 heteroatoms. The van der Waals surface area contributed by atoms with Gasteiger partial charge in [0.25, 0.3) is 5.91 Å². The molecule has 1 aromatic heterocycles. The summed E-state index contributed by atoms with van der Waals surface area (Å²) in [6.07, 6.45) is 2.04. The van der Waals surface area contributed by atoms with E-state index in [0.29, 0.717) is 17.9 Å². The third-order valence-electron chi connectivity index (χ3n) is 3.13. The summed E-state index contributed by atoms with van der Waals surface area (Å²) in [5, 5.41) is 6.14. The number of anilines is 2. The third-order valence-corrected chi connectivity index (χ3v) is 3.13. The lowest BCUT2D eigenvalue weighted by atomic mass is 10.2. The van der Waals surface area contributed by atoms with E-state index in [4.69, 9.17) is 0 Å². The number of nitrogens with zero attached hydrogens (tertiary/aromatic N) is 1. The highest BCUT2D eigenvalue weighted by atomic mass is 16.1. The van der Waals surface area contributed by atoms with Crippen molar-refractivity contribution >= 4 is 17.4 Å². The quantitative estimate of drug-likeness (QED) is 0.795. The molecular formula is C17H21N3O. The van der Waals surface area contributed by atoms with Crippen LogP contribution in [-0.4, -0.2) is 17.4 Å². The number of nitrogens with one attached hydrogen (secondary N) is 2. The van der Waals surface area contributed by atoms with Crippen molar-refractivity contribution in [2.75, 3.05) is 11.9 Å². The fraction of sp³-hybridized carbons (Fsp3) is 0.294. The molecule has 0 fully saturated rings. The van der Waals surface area contributed by atoms with Crippen molar-refractivity contribution < 1.29 is 4.79 Å². The van der Waals surface area contributed by atoms with Gasteiger partial charge in [-0.1, -0.05) is 31.5 Å². The van der Waals surface area contributed by atoms with Crippen molar-refractivity contribution in [1.82, 2.24) is 10.3 Å². The van der Waals surface area contributed by atoms with Gasteiger partial charge >= 0.3 is 0 Å². The lowest BCUT2D eigenvalue weighted by molar-refractivity contribution is 0.0953. The van der Waals surface area contributed by atoms with Crippen LogP contribution in [0.2, 0.25) is 0 Å². The van der Waals surface area contributed by atoms with E-state index < -0.39 is 0 Å². The van der Waals surface area contributed by atoms with E-state index >= 15 is 0 Å². The smallest absolute Gasteiger partial charge is 0.255 e. The molecule has 0 spiro atoms. The van der Waals surface area contributed by atoms with E-state index in [9.17, 15) is 4.79 Å². The number of aryl methyl sites for hydroxylation is 1. The Morgan fingerprint density at radius 3 is 2.62 bits per heavy atom. The molecule has 1 heterocycles. The van der Waals surface area contributed by atoms with Crippen LogP contribution >= 0.6 is 0 Å². The number of hydrogen-bond acceptors (Lipinski definition) is 3. The molecule has 21 heavy (non-hydrogen) atoms. The predicted molar refractivity (Wildman–Crippen MR) is 85.9 cm³/mol. The summed E-state index contributed by atoms with van der Waals surface area (Å²) >= 11 is 0. The molecule has 0 saturated heterocycles. The number of carbonyl (C=O) groups excluding carboxylic acids is 1. The third kappa shape index (κ3) is 4.31. The van der Waals surface area contributed by atoms with Gasteiger partial charge in [0.1, 0.15) is 5.82 Å². The van der Waals surface area contributed by atoms with E-state index in [0.717, 1.165) is 24.2 Å². The van der Waals surface area contributed by atoms with Crippen LogP contribution in [0.4, 0.5) is 11.5 Å². The second-order valence-corrected chi connectivity index (χ2v) is 4.95. The molecule has 0 saturated carbocycles. The Bertz CT molecular complexity index is 596. The van der Waals surface area contributed by atoms with Crippen molar-refractivity contribution in [3.63, 3.8) is 0 Å². The van der Waals surface area contributed by atoms with Crippen LogP contribution in [0.1, 0.15) is 35.8 Å². The van der Waals surface area contributed by atoms with Crippen LogP contribution in [-0.2, 0) is 0 Å². The molecular weight excluding hydrogens is 262 g/mol. The summed E-state index contributed by atoms with van der Waals surface area (Å²) in [7, 11) is 0. The van der Waals surface area contributed by atoms with Crippen LogP contribution < -0.4 is 10.6 Å². The van der Waals surface area contributed by atoms with Gasteiger partial charge in [-0.3, -0.25) is 4.79 Å². The standard InChI is InChI=1S/C17H21N3O/c1-3-4-12-18-17(21)15-11-10-13(2)19-16(15)20-14-8-6-5-7-9-14/h5-11H,3-4,12H2,1-2H3,(H,18,21)(H,19,20). The van der Waals surface area contributed by atoms with Gasteiger partial charge in [-0.15, -0.1) is 0 Å². The van der Waals surface area contributed by atoms with Gasteiger partial charge in [0, 0.05) is 17.9 Å². The molecule has 0 aliphatic rings. The Hall–Kier alpha value is -2.36. The van der Waals surface area contributed by atoms with Crippen LogP contribution in [0, 0.1) is 6.92 Å². The molecule has 1 aromatic carbocycles. The van der Waals surface area contributed by atoms with E-state index in [1.54, 1.807) is 0 Å². The number of pyridine rings is 1. The predicted octanol–water partition coefficient (Wildman–Crippen LogP) is 3.66. The summed E-state index contributed by atoms with van der Waals surface area (Å²) in [5.41, 5.74) is 2.36. The lowest BCUT2D eigenvalue weighted by Crippen LogP contribution is -2.25. The molecule has 4 nitrogen and oxygen atoms in total. The van der Waals surface area contributed by atoms with E-state index in [1.165, 1.54) is 0 Å². The van der Waals surface area contributed by atoms with Gasteiger partial charge in [0.05, 0.1) is 5.56 Å². The van der Waals surface area contributed by atoms with Crippen molar-refractivity contribution in [1.29, 1.82) is 0 Å². The number of benzene rings is 1. The number of amides is 1. The minimum Gasteiger partial charge on any atom is -0.352 e. The molecule has 1 amide bonds. The van der Waals surface area contributed by atoms with Crippen molar-refractivity contribution in [2.45, 2.75) is 26.7 Å².